The maximum absolute atomic E-state index is 11.3. The molecule has 1 atom stereocenters. The fraction of sp³-hybridized carbons (Fsp3) is 0.929. The Labute approximate surface area is 117 Å². The fourth-order valence-corrected chi connectivity index (χ4v) is 2.55. The Balaban J connectivity index is 2.38. The molecule has 1 unspecified atom stereocenters. The van der Waals surface area contributed by atoms with Gasteiger partial charge in [-0.05, 0) is 33.7 Å². The van der Waals surface area contributed by atoms with Crippen molar-refractivity contribution in [3.8, 4) is 0 Å². The molecule has 0 aromatic rings. The third-order valence-corrected chi connectivity index (χ3v) is 4.10. The minimum absolute atomic E-state index is 0.605. The number of likely N-dealkylation sites (N-methyl/N-ethyl adjacent to an activating group) is 1. The summed E-state index contributed by atoms with van der Waals surface area (Å²) in [6.07, 6.45) is 0.651. The normalized spacial score (nSPS) is 21.5. The van der Waals surface area contributed by atoms with E-state index in [0.29, 0.717) is 19.0 Å². The zero-order valence-electron chi connectivity index (χ0n) is 12.8. The molecule has 19 heavy (non-hydrogen) atoms. The predicted molar refractivity (Wildman–Crippen MR) is 77.5 cm³/mol. The monoisotopic (exact) mass is 271 g/mol. The van der Waals surface area contributed by atoms with Crippen LogP contribution in [0.3, 0.4) is 0 Å². The Morgan fingerprint density at radius 3 is 2.32 bits per heavy atom. The van der Waals surface area contributed by atoms with E-state index in [-0.39, 0.29) is 0 Å². The van der Waals surface area contributed by atoms with Gasteiger partial charge in [-0.15, -0.1) is 0 Å². The zero-order chi connectivity index (χ0) is 14.5. The van der Waals surface area contributed by atoms with Crippen LogP contribution in [0.1, 0.15) is 34.1 Å². The average molecular weight is 271 g/mol. The van der Waals surface area contributed by atoms with E-state index < -0.39 is 11.5 Å². The van der Waals surface area contributed by atoms with E-state index in [9.17, 15) is 9.90 Å². The molecule has 5 heteroatoms. The molecule has 0 aromatic heterocycles. The Morgan fingerprint density at radius 1 is 1.32 bits per heavy atom. The van der Waals surface area contributed by atoms with Crippen LogP contribution in [-0.4, -0.2) is 71.7 Å². The van der Waals surface area contributed by atoms with Gasteiger partial charge in [0.15, 0.2) is 0 Å². The smallest absolute Gasteiger partial charge is 0.323 e. The van der Waals surface area contributed by atoms with Crippen molar-refractivity contribution in [1.29, 1.82) is 0 Å². The quantitative estimate of drug-likeness (QED) is 0.719. The molecule has 1 saturated heterocycles. The van der Waals surface area contributed by atoms with Gasteiger partial charge in [-0.2, -0.15) is 0 Å². The van der Waals surface area contributed by atoms with Crippen molar-refractivity contribution in [2.24, 2.45) is 0 Å². The summed E-state index contributed by atoms with van der Waals surface area (Å²) in [5.41, 5.74) is -0.802. The molecule has 0 saturated carbocycles. The highest BCUT2D eigenvalue weighted by Gasteiger charge is 2.32. The van der Waals surface area contributed by atoms with Crippen LogP contribution in [0, 0.1) is 0 Å². The van der Waals surface area contributed by atoms with Gasteiger partial charge in [0.05, 0.1) is 0 Å². The van der Waals surface area contributed by atoms with Crippen LogP contribution in [0.25, 0.3) is 0 Å². The molecule has 0 radical (unpaired) electrons. The second kappa shape index (κ2) is 7.22. The molecule has 0 amide bonds. The minimum Gasteiger partial charge on any atom is -0.480 e. The van der Waals surface area contributed by atoms with Crippen molar-refractivity contribution in [3.05, 3.63) is 0 Å². The minimum atomic E-state index is -0.802. The lowest BCUT2D eigenvalue weighted by Gasteiger charge is -2.38. The van der Waals surface area contributed by atoms with Crippen LogP contribution < -0.4 is 5.32 Å². The first-order chi connectivity index (χ1) is 8.89. The van der Waals surface area contributed by atoms with Gasteiger partial charge in [0, 0.05) is 38.8 Å². The molecule has 112 valence electrons. The first kappa shape index (κ1) is 16.4. The molecule has 0 spiro atoms. The first-order valence-electron chi connectivity index (χ1n) is 7.34. The van der Waals surface area contributed by atoms with Crippen molar-refractivity contribution in [3.63, 3.8) is 0 Å². The molecule has 1 rings (SSSR count). The number of carbonyl (C=O) groups is 1. The lowest BCUT2D eigenvalue weighted by atomic mass is 9.97. The molecule has 1 fully saturated rings. The van der Waals surface area contributed by atoms with Gasteiger partial charge in [0.25, 0.3) is 0 Å². The van der Waals surface area contributed by atoms with E-state index in [1.165, 1.54) is 0 Å². The highest BCUT2D eigenvalue weighted by Crippen LogP contribution is 2.13. The predicted octanol–water partition coefficient (Wildman–Crippen LogP) is 0.855. The zero-order valence-corrected chi connectivity index (χ0v) is 12.8. The Bertz CT molecular complexity index is 288. The van der Waals surface area contributed by atoms with Gasteiger partial charge in [-0.25, -0.2) is 0 Å². The van der Waals surface area contributed by atoms with Crippen LogP contribution in [0.2, 0.25) is 0 Å². The summed E-state index contributed by atoms with van der Waals surface area (Å²) >= 11 is 0. The summed E-state index contributed by atoms with van der Waals surface area (Å²) in [6.45, 7) is 14.0. The van der Waals surface area contributed by atoms with Crippen LogP contribution in [0.4, 0.5) is 0 Å². The number of carboxylic acid groups (broad SMARTS) is 1. The lowest BCUT2D eigenvalue weighted by molar-refractivity contribution is -0.144. The molecule has 1 heterocycles. The molecule has 1 aliphatic rings. The highest BCUT2D eigenvalue weighted by molar-refractivity contribution is 5.78. The number of aliphatic carboxylic acids is 1. The van der Waals surface area contributed by atoms with Crippen LogP contribution in [0.15, 0.2) is 0 Å². The third-order valence-electron chi connectivity index (χ3n) is 4.10. The molecule has 0 aromatic carbocycles. The van der Waals surface area contributed by atoms with Gasteiger partial charge in [-0.1, -0.05) is 6.92 Å². The largest absolute Gasteiger partial charge is 0.480 e. The second-order valence-corrected chi connectivity index (χ2v) is 5.89. The molecule has 5 nitrogen and oxygen atoms in total. The van der Waals surface area contributed by atoms with E-state index in [4.69, 9.17) is 0 Å². The van der Waals surface area contributed by atoms with Crippen molar-refractivity contribution in [1.82, 2.24) is 15.1 Å². The standard InChI is InChI=1S/C14H29N3O2/c1-5-15-14(4,13(18)19)6-7-16-8-10-17(11-9-16)12(2)3/h12,15H,5-11H2,1-4H3,(H,18,19). The summed E-state index contributed by atoms with van der Waals surface area (Å²) < 4.78 is 0. The maximum Gasteiger partial charge on any atom is 0.323 e. The fourth-order valence-electron chi connectivity index (χ4n) is 2.55. The molecular formula is C14H29N3O2. The van der Waals surface area contributed by atoms with Gasteiger partial charge in [0.1, 0.15) is 5.54 Å². The van der Waals surface area contributed by atoms with Crippen molar-refractivity contribution >= 4 is 5.97 Å². The van der Waals surface area contributed by atoms with Gasteiger partial charge >= 0.3 is 5.97 Å². The summed E-state index contributed by atoms with van der Waals surface area (Å²) in [5.74, 6) is -0.754. The highest BCUT2D eigenvalue weighted by atomic mass is 16.4. The van der Waals surface area contributed by atoms with Gasteiger partial charge < -0.3 is 15.3 Å². The first-order valence-corrected chi connectivity index (χ1v) is 7.34. The Kier molecular flexibility index (Phi) is 6.23. The molecule has 2 N–H and O–H groups in total. The van der Waals surface area contributed by atoms with Crippen molar-refractivity contribution in [2.45, 2.75) is 45.7 Å². The Hall–Kier alpha value is -0.650. The number of nitrogens with one attached hydrogen (secondary N) is 1. The van der Waals surface area contributed by atoms with E-state index >= 15 is 0 Å². The van der Waals surface area contributed by atoms with E-state index in [1.54, 1.807) is 6.92 Å². The summed E-state index contributed by atoms with van der Waals surface area (Å²) in [4.78, 5) is 16.2. The van der Waals surface area contributed by atoms with Gasteiger partial charge in [-0.3, -0.25) is 9.69 Å². The summed E-state index contributed by atoms with van der Waals surface area (Å²) in [5, 5.41) is 12.4. The van der Waals surface area contributed by atoms with Crippen LogP contribution >= 0.6 is 0 Å². The maximum atomic E-state index is 11.3. The Morgan fingerprint density at radius 2 is 1.89 bits per heavy atom. The molecule has 1 aliphatic heterocycles. The van der Waals surface area contributed by atoms with E-state index in [1.807, 2.05) is 6.92 Å². The second-order valence-electron chi connectivity index (χ2n) is 5.89. The number of carboxylic acids is 1. The number of nitrogens with zero attached hydrogens (tertiary/aromatic N) is 2. The lowest BCUT2D eigenvalue weighted by Crippen LogP contribution is -2.53. The molecule has 0 bridgehead atoms. The third kappa shape index (κ3) is 4.75. The van der Waals surface area contributed by atoms with Crippen LogP contribution in [0.5, 0.6) is 0 Å². The molecular weight excluding hydrogens is 242 g/mol. The summed E-state index contributed by atoms with van der Waals surface area (Å²) in [7, 11) is 0. The SMILES string of the molecule is CCNC(C)(CCN1CCN(C(C)C)CC1)C(=O)O. The van der Waals surface area contributed by atoms with Crippen LogP contribution in [-0.2, 0) is 4.79 Å². The number of hydrogen-bond acceptors (Lipinski definition) is 4. The van der Waals surface area contributed by atoms with Crippen molar-refractivity contribution in [2.75, 3.05) is 39.3 Å². The van der Waals surface area contributed by atoms with E-state index in [0.717, 1.165) is 32.7 Å². The number of hydrogen-bond donors (Lipinski definition) is 2. The number of piperazine rings is 1. The average Bonchev–Trinajstić information content (AvgIpc) is 2.37. The molecule has 0 aliphatic carbocycles. The van der Waals surface area contributed by atoms with Gasteiger partial charge in [0.2, 0.25) is 0 Å². The van der Waals surface area contributed by atoms with E-state index in [2.05, 4.69) is 29.0 Å². The summed E-state index contributed by atoms with van der Waals surface area (Å²) in [6, 6.07) is 0.605. The topological polar surface area (TPSA) is 55.8 Å². The van der Waals surface area contributed by atoms with Crippen molar-refractivity contribution < 1.29 is 9.90 Å². The number of rotatable bonds is 7.